The van der Waals surface area contributed by atoms with Gasteiger partial charge in [-0.2, -0.15) is 0 Å². The quantitative estimate of drug-likeness (QED) is 0.221. The molecule has 192 valence electrons. The molecule has 5 nitrogen and oxygen atoms in total. The van der Waals surface area contributed by atoms with E-state index in [1.165, 1.54) is 0 Å². The number of aryl methyl sites for hydroxylation is 1. The highest BCUT2D eigenvalue weighted by molar-refractivity contribution is 6.42. The number of amides is 1. The smallest absolute Gasteiger partial charge is 0.266 e. The molecular weight excluding hydrogens is 529 g/mol. The van der Waals surface area contributed by atoms with Gasteiger partial charge in [-0.1, -0.05) is 67.2 Å². The summed E-state index contributed by atoms with van der Waals surface area (Å²) in [7, 11) is 0. The largest absolute Gasteiger partial charge is 0.328 e. The average Bonchev–Trinajstić information content (AvgIpc) is 2.88. The summed E-state index contributed by atoms with van der Waals surface area (Å²) in [6.07, 6.45) is 2.24. The summed E-state index contributed by atoms with van der Waals surface area (Å²) >= 11 is 18.6. The molecule has 0 radical (unpaired) electrons. The summed E-state index contributed by atoms with van der Waals surface area (Å²) in [4.78, 5) is 34.6. The molecule has 1 amide bonds. The minimum atomic E-state index is -0.471. The van der Waals surface area contributed by atoms with Gasteiger partial charge in [0.05, 0.1) is 32.7 Å². The predicted molar refractivity (Wildman–Crippen MR) is 153 cm³/mol. The average molecular weight is 557 g/mol. The molecule has 1 heterocycles. The van der Waals surface area contributed by atoms with Crippen LogP contribution in [0.3, 0.4) is 0 Å². The lowest BCUT2D eigenvalue weighted by Crippen LogP contribution is -2.39. The highest BCUT2D eigenvalue weighted by atomic mass is 35.5. The number of rotatable bonds is 8. The fourth-order valence-electron chi connectivity index (χ4n) is 4.54. The Morgan fingerprint density at radius 1 is 1.00 bits per heavy atom. The van der Waals surface area contributed by atoms with E-state index in [4.69, 9.17) is 39.8 Å². The standard InChI is InChI=1S/C29H28Cl3N3O2/c1-4-6-15-34(28(36)19-11-13-22(31)23(32)17-19)25(5-2)27-33-24-10-8-7-9-21(24)29(37)35(27)26-14-12-20(30)16-18(26)3/h7-14,16-17,25H,4-6,15H2,1-3H3. The van der Waals surface area contributed by atoms with Crippen molar-refractivity contribution < 1.29 is 4.79 Å². The minimum absolute atomic E-state index is 0.193. The monoisotopic (exact) mass is 555 g/mol. The van der Waals surface area contributed by atoms with Crippen molar-refractivity contribution in [1.82, 2.24) is 14.5 Å². The Morgan fingerprint density at radius 3 is 2.43 bits per heavy atom. The van der Waals surface area contributed by atoms with Crippen molar-refractivity contribution in [1.29, 1.82) is 0 Å². The maximum atomic E-state index is 13.9. The van der Waals surface area contributed by atoms with Gasteiger partial charge in [-0.05, 0) is 73.9 Å². The number of fused-ring (bicyclic) bond motifs is 1. The van der Waals surface area contributed by atoms with Gasteiger partial charge in [0.2, 0.25) is 0 Å². The summed E-state index contributed by atoms with van der Waals surface area (Å²) < 4.78 is 1.63. The number of aromatic nitrogens is 2. The second kappa shape index (κ2) is 11.7. The molecule has 1 unspecified atom stereocenters. The van der Waals surface area contributed by atoms with Crippen LogP contribution in [0.2, 0.25) is 15.1 Å². The van der Waals surface area contributed by atoms with Crippen molar-refractivity contribution >= 4 is 51.6 Å². The van der Waals surface area contributed by atoms with Crippen molar-refractivity contribution in [2.24, 2.45) is 0 Å². The first kappa shape index (κ1) is 27.2. The molecule has 0 saturated heterocycles. The number of benzene rings is 3. The third-order valence-corrected chi connectivity index (χ3v) is 7.42. The van der Waals surface area contributed by atoms with E-state index in [-0.39, 0.29) is 11.5 Å². The Labute approximate surface area is 231 Å². The molecule has 1 atom stereocenters. The summed E-state index contributed by atoms with van der Waals surface area (Å²) in [5, 5.41) is 1.78. The molecular formula is C29H28Cl3N3O2. The molecule has 37 heavy (non-hydrogen) atoms. The van der Waals surface area contributed by atoms with Crippen molar-refractivity contribution in [3.63, 3.8) is 0 Å². The van der Waals surface area contributed by atoms with Crippen LogP contribution in [0.5, 0.6) is 0 Å². The molecule has 0 bridgehead atoms. The molecule has 3 aromatic carbocycles. The molecule has 0 N–H and O–H groups in total. The summed E-state index contributed by atoms with van der Waals surface area (Å²) in [6.45, 7) is 6.47. The van der Waals surface area contributed by atoms with Crippen molar-refractivity contribution in [2.75, 3.05) is 6.54 Å². The summed E-state index contributed by atoms with van der Waals surface area (Å²) in [5.41, 5.74) is 2.33. The second-order valence-electron chi connectivity index (χ2n) is 8.96. The number of halogens is 3. The molecule has 0 spiro atoms. The number of carbonyl (C=O) groups excluding carboxylic acids is 1. The Morgan fingerprint density at radius 2 is 1.76 bits per heavy atom. The second-order valence-corrected chi connectivity index (χ2v) is 10.2. The van der Waals surface area contributed by atoms with E-state index in [0.717, 1.165) is 18.4 Å². The Hall–Kier alpha value is -2.86. The number of para-hydroxylation sites is 1. The van der Waals surface area contributed by atoms with E-state index < -0.39 is 6.04 Å². The number of hydrogen-bond acceptors (Lipinski definition) is 3. The fourth-order valence-corrected chi connectivity index (χ4v) is 5.07. The maximum absolute atomic E-state index is 13.9. The zero-order valence-corrected chi connectivity index (χ0v) is 23.2. The SMILES string of the molecule is CCCCN(C(=O)c1ccc(Cl)c(Cl)c1)C(CC)c1nc2ccccc2c(=O)n1-c1ccc(Cl)cc1C. The molecule has 0 aliphatic heterocycles. The molecule has 0 saturated carbocycles. The van der Waals surface area contributed by atoms with Gasteiger partial charge in [-0.25, -0.2) is 4.98 Å². The van der Waals surface area contributed by atoms with Crippen LogP contribution in [0.25, 0.3) is 16.6 Å². The number of carbonyl (C=O) groups is 1. The van der Waals surface area contributed by atoms with Gasteiger partial charge in [0, 0.05) is 17.1 Å². The third-order valence-electron chi connectivity index (χ3n) is 6.44. The number of unbranched alkanes of at least 4 members (excludes halogenated alkanes) is 1. The lowest BCUT2D eigenvalue weighted by atomic mass is 10.1. The van der Waals surface area contributed by atoms with E-state index in [0.29, 0.717) is 56.0 Å². The van der Waals surface area contributed by atoms with Crippen LogP contribution in [-0.4, -0.2) is 26.9 Å². The number of hydrogen-bond donors (Lipinski definition) is 0. The first-order valence-corrected chi connectivity index (χ1v) is 13.4. The van der Waals surface area contributed by atoms with Gasteiger partial charge in [0.25, 0.3) is 11.5 Å². The van der Waals surface area contributed by atoms with Crippen LogP contribution >= 0.6 is 34.8 Å². The van der Waals surface area contributed by atoms with E-state index in [2.05, 4.69) is 6.92 Å². The van der Waals surface area contributed by atoms with E-state index in [1.54, 1.807) is 39.8 Å². The summed E-state index contributed by atoms with van der Waals surface area (Å²) in [5.74, 6) is 0.307. The fraction of sp³-hybridized carbons (Fsp3) is 0.276. The lowest BCUT2D eigenvalue weighted by molar-refractivity contribution is 0.0656. The Kier molecular flexibility index (Phi) is 8.58. The van der Waals surface area contributed by atoms with Crippen LogP contribution in [0.15, 0.2) is 65.5 Å². The van der Waals surface area contributed by atoms with Crippen molar-refractivity contribution in [3.05, 3.63) is 103 Å². The van der Waals surface area contributed by atoms with Crippen LogP contribution in [0.1, 0.15) is 60.9 Å². The molecule has 4 aromatic rings. The van der Waals surface area contributed by atoms with Crippen molar-refractivity contribution in [3.8, 4) is 5.69 Å². The van der Waals surface area contributed by atoms with Gasteiger partial charge >= 0.3 is 0 Å². The van der Waals surface area contributed by atoms with Crippen LogP contribution < -0.4 is 5.56 Å². The van der Waals surface area contributed by atoms with E-state index in [9.17, 15) is 9.59 Å². The first-order valence-electron chi connectivity index (χ1n) is 12.3. The molecule has 4 rings (SSSR count). The first-order chi connectivity index (χ1) is 17.8. The van der Waals surface area contributed by atoms with E-state index in [1.807, 2.05) is 44.2 Å². The highest BCUT2D eigenvalue weighted by Crippen LogP contribution is 2.31. The zero-order valence-electron chi connectivity index (χ0n) is 21.0. The van der Waals surface area contributed by atoms with Crippen molar-refractivity contribution in [2.45, 2.75) is 46.1 Å². The van der Waals surface area contributed by atoms with Gasteiger partial charge in [-0.15, -0.1) is 0 Å². The topological polar surface area (TPSA) is 55.2 Å². The highest BCUT2D eigenvalue weighted by Gasteiger charge is 2.30. The normalized spacial score (nSPS) is 12.1. The molecule has 8 heteroatoms. The van der Waals surface area contributed by atoms with Gasteiger partial charge in [0.15, 0.2) is 0 Å². The summed E-state index contributed by atoms with van der Waals surface area (Å²) in [6, 6.07) is 17.1. The maximum Gasteiger partial charge on any atom is 0.266 e. The molecule has 0 aliphatic carbocycles. The molecule has 1 aromatic heterocycles. The van der Waals surface area contributed by atoms with Gasteiger partial charge in [-0.3, -0.25) is 14.2 Å². The number of nitrogens with zero attached hydrogens (tertiary/aromatic N) is 3. The lowest BCUT2D eigenvalue weighted by Gasteiger charge is -2.33. The van der Waals surface area contributed by atoms with Gasteiger partial charge < -0.3 is 4.90 Å². The molecule has 0 aliphatic rings. The Bertz CT molecular complexity index is 1520. The van der Waals surface area contributed by atoms with Gasteiger partial charge in [0.1, 0.15) is 5.82 Å². The third kappa shape index (κ3) is 5.54. The predicted octanol–water partition coefficient (Wildman–Crippen LogP) is 8.05. The van der Waals surface area contributed by atoms with E-state index >= 15 is 0 Å². The zero-order chi connectivity index (χ0) is 26.7. The van der Waals surface area contributed by atoms with Crippen LogP contribution in [-0.2, 0) is 0 Å². The van der Waals surface area contributed by atoms with Crippen LogP contribution in [0.4, 0.5) is 0 Å². The van der Waals surface area contributed by atoms with Crippen LogP contribution in [0, 0.1) is 6.92 Å². The minimum Gasteiger partial charge on any atom is -0.328 e. The Balaban J connectivity index is 1.96. The molecule has 0 fully saturated rings.